The Balaban J connectivity index is 0.000000500. The number of Topliss-reactive ketones (excluding diaryl/α,β-unsaturated/α-hetero) is 1. The summed E-state index contributed by atoms with van der Waals surface area (Å²) < 4.78 is 5.08. The highest BCUT2D eigenvalue weighted by molar-refractivity contribution is 9.11. The van der Waals surface area contributed by atoms with Gasteiger partial charge in [-0.2, -0.15) is 0 Å². The molecule has 0 aromatic rings. The summed E-state index contributed by atoms with van der Waals surface area (Å²) in [5.41, 5.74) is 0. The maximum Gasteiger partial charge on any atom is 0.139 e. The second-order valence-corrected chi connectivity index (χ2v) is 4.70. The summed E-state index contributed by atoms with van der Waals surface area (Å²) in [6.07, 6.45) is 0.821. The van der Waals surface area contributed by atoms with E-state index in [0.717, 1.165) is 10.8 Å². The molecule has 0 saturated carbocycles. The molecule has 80 valence electrons. The van der Waals surface area contributed by atoms with Crippen LogP contribution in [0.4, 0.5) is 0 Å². The predicted molar refractivity (Wildman–Crippen MR) is 61.6 cm³/mol. The van der Waals surface area contributed by atoms with Crippen molar-refractivity contribution in [2.75, 3.05) is 14.2 Å². The number of thioether (sulfide) groups is 1. The number of aldehydes is 1. The van der Waals surface area contributed by atoms with Crippen LogP contribution in [0.5, 0.6) is 0 Å². The number of halogens is 1. The molecule has 2 atom stereocenters. The molecule has 14 heavy (non-hydrogen) atoms. The SMILES string of the molecule is CC(=O)C1C(Br)=CSC1C=O.COC. The van der Waals surface area contributed by atoms with E-state index in [1.165, 1.54) is 18.7 Å². The topological polar surface area (TPSA) is 43.4 Å². The molecule has 0 aromatic heterocycles. The number of allylic oxidation sites excluding steroid dienone is 1. The lowest BCUT2D eigenvalue weighted by atomic mass is 10.0. The first-order valence-corrected chi connectivity index (χ1v) is 5.69. The number of carbonyl (C=O) groups is 2. The van der Waals surface area contributed by atoms with Crippen LogP contribution in [0.15, 0.2) is 9.89 Å². The normalized spacial score (nSPS) is 24.7. The Kier molecular flexibility index (Phi) is 7.13. The molecule has 0 fully saturated rings. The molecule has 1 heterocycles. The fourth-order valence-corrected chi connectivity index (χ4v) is 3.09. The van der Waals surface area contributed by atoms with E-state index in [9.17, 15) is 9.59 Å². The van der Waals surface area contributed by atoms with E-state index in [1.807, 2.05) is 5.41 Å². The summed E-state index contributed by atoms with van der Waals surface area (Å²) in [6, 6.07) is 0. The molecule has 0 N–H and O–H groups in total. The Bertz CT molecular complexity index is 240. The fraction of sp³-hybridized carbons (Fsp3) is 0.556. The van der Waals surface area contributed by atoms with Crippen molar-refractivity contribution in [2.45, 2.75) is 12.2 Å². The van der Waals surface area contributed by atoms with Gasteiger partial charge in [0.05, 0.1) is 11.2 Å². The zero-order valence-corrected chi connectivity index (χ0v) is 10.7. The Morgan fingerprint density at radius 3 is 2.43 bits per heavy atom. The fourth-order valence-electron chi connectivity index (χ4n) is 0.989. The zero-order chi connectivity index (χ0) is 11.1. The molecule has 0 amide bonds. The number of methoxy groups -OCH3 is 1. The third-order valence-electron chi connectivity index (χ3n) is 1.54. The maximum atomic E-state index is 11.0. The van der Waals surface area contributed by atoms with Crippen molar-refractivity contribution >= 4 is 39.8 Å². The lowest BCUT2D eigenvalue weighted by Crippen LogP contribution is -2.21. The monoisotopic (exact) mass is 280 g/mol. The molecule has 0 bridgehead atoms. The van der Waals surface area contributed by atoms with Gasteiger partial charge in [-0.05, 0) is 12.3 Å². The molecule has 1 aliphatic rings. The molecule has 0 aliphatic carbocycles. The van der Waals surface area contributed by atoms with E-state index in [-0.39, 0.29) is 17.0 Å². The van der Waals surface area contributed by atoms with Crippen molar-refractivity contribution in [3.05, 3.63) is 9.89 Å². The van der Waals surface area contributed by atoms with Gasteiger partial charge >= 0.3 is 0 Å². The zero-order valence-electron chi connectivity index (χ0n) is 8.32. The number of ether oxygens (including phenoxy) is 1. The second kappa shape index (κ2) is 7.20. The van der Waals surface area contributed by atoms with E-state index >= 15 is 0 Å². The lowest BCUT2D eigenvalue weighted by molar-refractivity contribution is -0.121. The molecule has 3 nitrogen and oxygen atoms in total. The van der Waals surface area contributed by atoms with Crippen LogP contribution in [0.25, 0.3) is 0 Å². The van der Waals surface area contributed by atoms with E-state index in [2.05, 4.69) is 20.7 Å². The molecule has 5 heteroatoms. The van der Waals surface area contributed by atoms with Crippen molar-refractivity contribution in [2.24, 2.45) is 5.92 Å². The van der Waals surface area contributed by atoms with Crippen molar-refractivity contribution in [1.29, 1.82) is 0 Å². The maximum absolute atomic E-state index is 11.0. The first-order chi connectivity index (χ1) is 6.58. The summed E-state index contributed by atoms with van der Waals surface area (Å²) in [6.45, 7) is 1.50. The van der Waals surface area contributed by atoms with Crippen LogP contribution in [0, 0.1) is 5.92 Å². The van der Waals surface area contributed by atoms with Gasteiger partial charge in [0.15, 0.2) is 0 Å². The Labute approximate surface area is 96.4 Å². The minimum atomic E-state index is -0.252. The van der Waals surface area contributed by atoms with Gasteiger partial charge in [-0.15, -0.1) is 11.8 Å². The summed E-state index contributed by atoms with van der Waals surface area (Å²) in [5, 5.41) is 1.59. The number of hydrogen-bond donors (Lipinski definition) is 0. The van der Waals surface area contributed by atoms with Gasteiger partial charge in [-0.3, -0.25) is 4.79 Å². The molecular weight excluding hydrogens is 268 g/mol. The number of ketones is 1. The number of carbonyl (C=O) groups excluding carboxylic acids is 2. The smallest absolute Gasteiger partial charge is 0.139 e. The molecule has 0 aromatic carbocycles. The van der Waals surface area contributed by atoms with Crippen LogP contribution in [0.1, 0.15) is 6.92 Å². The Hall–Kier alpha value is -0.130. The van der Waals surface area contributed by atoms with Gasteiger partial charge in [0.2, 0.25) is 0 Å². The van der Waals surface area contributed by atoms with Crippen molar-refractivity contribution in [1.82, 2.24) is 0 Å². The molecular formula is C9H13BrO3S. The van der Waals surface area contributed by atoms with Crippen molar-refractivity contribution in [3.8, 4) is 0 Å². The third-order valence-corrected chi connectivity index (χ3v) is 3.65. The van der Waals surface area contributed by atoms with Crippen LogP contribution < -0.4 is 0 Å². The van der Waals surface area contributed by atoms with E-state index in [1.54, 1.807) is 14.2 Å². The van der Waals surface area contributed by atoms with Crippen LogP contribution >= 0.6 is 27.7 Å². The standard InChI is InChI=1S/C7H7BrO2S.C2H6O/c1-4(10)7-5(8)3-11-6(7)2-9;1-3-2/h2-3,6-7H,1H3;1-2H3. The van der Waals surface area contributed by atoms with Gasteiger partial charge in [0.1, 0.15) is 12.1 Å². The summed E-state index contributed by atoms with van der Waals surface area (Å²) >= 11 is 4.64. The van der Waals surface area contributed by atoms with Crippen LogP contribution in [0.3, 0.4) is 0 Å². The summed E-state index contributed by atoms with van der Waals surface area (Å²) in [7, 11) is 3.25. The van der Waals surface area contributed by atoms with Crippen LogP contribution in [0.2, 0.25) is 0 Å². The molecule has 1 rings (SSSR count). The van der Waals surface area contributed by atoms with Crippen molar-refractivity contribution in [3.63, 3.8) is 0 Å². The minimum absolute atomic E-state index is 0.0372. The largest absolute Gasteiger partial charge is 0.388 e. The summed E-state index contributed by atoms with van der Waals surface area (Å²) in [5.74, 6) is -0.215. The predicted octanol–water partition coefficient (Wildman–Crippen LogP) is 2.00. The van der Waals surface area contributed by atoms with Gasteiger partial charge < -0.3 is 9.53 Å². The molecule has 0 spiro atoms. The third kappa shape index (κ3) is 3.94. The highest BCUT2D eigenvalue weighted by Crippen LogP contribution is 2.38. The molecule has 0 saturated heterocycles. The van der Waals surface area contributed by atoms with Gasteiger partial charge in [-0.25, -0.2) is 0 Å². The van der Waals surface area contributed by atoms with Gasteiger partial charge in [0.25, 0.3) is 0 Å². The van der Waals surface area contributed by atoms with Crippen LogP contribution in [-0.4, -0.2) is 31.5 Å². The van der Waals surface area contributed by atoms with Crippen LogP contribution in [-0.2, 0) is 14.3 Å². The first kappa shape index (κ1) is 13.9. The Morgan fingerprint density at radius 1 is 1.64 bits per heavy atom. The van der Waals surface area contributed by atoms with E-state index in [0.29, 0.717) is 0 Å². The number of rotatable bonds is 2. The van der Waals surface area contributed by atoms with Gasteiger partial charge in [0, 0.05) is 18.7 Å². The Morgan fingerprint density at radius 2 is 2.14 bits per heavy atom. The van der Waals surface area contributed by atoms with Gasteiger partial charge in [-0.1, -0.05) is 15.9 Å². The highest BCUT2D eigenvalue weighted by atomic mass is 79.9. The van der Waals surface area contributed by atoms with Crippen molar-refractivity contribution < 1.29 is 14.3 Å². The second-order valence-electron chi connectivity index (χ2n) is 2.74. The van der Waals surface area contributed by atoms with E-state index < -0.39 is 0 Å². The van der Waals surface area contributed by atoms with E-state index in [4.69, 9.17) is 0 Å². The average molecular weight is 281 g/mol. The molecule has 1 aliphatic heterocycles. The average Bonchev–Trinajstić information content (AvgIpc) is 2.47. The quantitative estimate of drug-likeness (QED) is 0.726. The number of hydrogen-bond acceptors (Lipinski definition) is 4. The molecule has 0 radical (unpaired) electrons. The lowest BCUT2D eigenvalue weighted by Gasteiger charge is -2.09. The summed E-state index contributed by atoms with van der Waals surface area (Å²) in [4.78, 5) is 21.4. The first-order valence-electron chi connectivity index (χ1n) is 3.95. The minimum Gasteiger partial charge on any atom is -0.388 e. The molecule has 2 unspecified atom stereocenters. The highest BCUT2D eigenvalue weighted by Gasteiger charge is 2.32.